The van der Waals surface area contributed by atoms with E-state index in [-0.39, 0.29) is 16.5 Å². The molecule has 0 radical (unpaired) electrons. The van der Waals surface area contributed by atoms with Crippen LogP contribution in [0.1, 0.15) is 45.7 Å². The summed E-state index contributed by atoms with van der Waals surface area (Å²) in [4.78, 5) is 25.4. The van der Waals surface area contributed by atoms with Crippen molar-refractivity contribution in [2.45, 2.75) is 31.8 Å². The van der Waals surface area contributed by atoms with E-state index in [0.29, 0.717) is 29.9 Å². The summed E-state index contributed by atoms with van der Waals surface area (Å²) >= 11 is 0. The van der Waals surface area contributed by atoms with Gasteiger partial charge in [0.25, 0.3) is 0 Å². The molecule has 0 fully saturated rings. The number of nitrogens with zero attached hydrogens (tertiary/aromatic N) is 1. The van der Waals surface area contributed by atoms with Gasteiger partial charge in [-0.05, 0) is 49.2 Å². The molecule has 2 aromatic rings. The molecular weight excluding hydrogens is 338 g/mol. The van der Waals surface area contributed by atoms with Crippen LogP contribution in [0.2, 0.25) is 0 Å². The van der Waals surface area contributed by atoms with Gasteiger partial charge in [0, 0.05) is 30.5 Å². The van der Waals surface area contributed by atoms with Gasteiger partial charge in [0.1, 0.15) is 0 Å². The van der Waals surface area contributed by atoms with Crippen LogP contribution in [0.5, 0.6) is 0 Å². The second-order valence-corrected chi connectivity index (χ2v) is 8.39. The Morgan fingerprint density at radius 3 is 2.04 bits per heavy atom. The predicted molar refractivity (Wildman–Crippen MR) is 95.9 cm³/mol. The maximum Gasteiger partial charge on any atom is 0.177 e. The van der Waals surface area contributed by atoms with E-state index in [9.17, 15) is 18.0 Å². The Labute approximate surface area is 147 Å². The lowest BCUT2D eigenvalue weighted by Crippen LogP contribution is -2.18. The second-order valence-electron chi connectivity index (χ2n) is 6.41. The van der Waals surface area contributed by atoms with Gasteiger partial charge in [0.05, 0.1) is 10.6 Å². The van der Waals surface area contributed by atoms with Crippen LogP contribution in [0.15, 0.2) is 41.3 Å². The number of Topliss-reactive ketones (excluding diaryl/α,β-unsaturated/α-hetero) is 2. The van der Waals surface area contributed by atoms with Crippen LogP contribution in [0, 0.1) is 0 Å². The van der Waals surface area contributed by atoms with Crippen molar-refractivity contribution in [2.24, 2.45) is 0 Å². The molecule has 0 aromatic heterocycles. The molecule has 0 saturated heterocycles. The molecule has 2 aromatic carbocycles. The molecule has 6 heteroatoms. The molecule has 1 heterocycles. The van der Waals surface area contributed by atoms with Gasteiger partial charge in [-0.25, -0.2) is 8.42 Å². The van der Waals surface area contributed by atoms with Crippen LogP contribution in [-0.2, 0) is 22.9 Å². The van der Waals surface area contributed by atoms with E-state index in [2.05, 4.69) is 0 Å². The van der Waals surface area contributed by atoms with E-state index in [1.165, 1.54) is 19.9 Å². The summed E-state index contributed by atoms with van der Waals surface area (Å²) in [6.07, 6.45) is 1.16. The number of rotatable bonds is 4. The first kappa shape index (κ1) is 17.4. The lowest BCUT2D eigenvalue weighted by molar-refractivity contribution is 0.100. The van der Waals surface area contributed by atoms with Gasteiger partial charge < -0.3 is 4.90 Å². The summed E-state index contributed by atoms with van der Waals surface area (Å²) in [7, 11) is -3.43. The molecule has 0 aliphatic carbocycles. The predicted octanol–water partition coefficient (Wildman–Crippen LogP) is 3.02. The van der Waals surface area contributed by atoms with Crippen molar-refractivity contribution in [3.63, 3.8) is 0 Å². The van der Waals surface area contributed by atoms with E-state index in [0.717, 1.165) is 17.4 Å². The fraction of sp³-hybridized carbons (Fsp3) is 0.263. The quantitative estimate of drug-likeness (QED) is 0.787. The summed E-state index contributed by atoms with van der Waals surface area (Å²) < 4.78 is 24.3. The van der Waals surface area contributed by atoms with Crippen LogP contribution in [-0.4, -0.2) is 26.2 Å². The number of hydrogen-bond donors (Lipinski definition) is 0. The maximum absolute atomic E-state index is 12.2. The summed E-state index contributed by atoms with van der Waals surface area (Å²) in [6, 6.07) is 10.2. The SMILES string of the molecule is CC(=O)c1ccc2c(c1)CN(c1cc(C(C)=O)ccc1S(C)(=O)=O)C2. The van der Waals surface area contributed by atoms with Crippen molar-refractivity contribution in [3.8, 4) is 0 Å². The second kappa shape index (κ2) is 6.11. The number of anilines is 1. The van der Waals surface area contributed by atoms with Crippen LogP contribution in [0.3, 0.4) is 0 Å². The van der Waals surface area contributed by atoms with E-state index in [1.807, 2.05) is 17.0 Å². The largest absolute Gasteiger partial charge is 0.362 e. The van der Waals surface area contributed by atoms with Crippen LogP contribution < -0.4 is 4.90 Å². The van der Waals surface area contributed by atoms with Crippen LogP contribution >= 0.6 is 0 Å². The van der Waals surface area contributed by atoms with Gasteiger partial charge in [0.15, 0.2) is 21.4 Å². The van der Waals surface area contributed by atoms with Gasteiger partial charge >= 0.3 is 0 Å². The number of benzene rings is 2. The molecule has 5 nitrogen and oxygen atoms in total. The molecule has 0 saturated carbocycles. The molecule has 3 rings (SSSR count). The first-order valence-electron chi connectivity index (χ1n) is 7.89. The summed E-state index contributed by atoms with van der Waals surface area (Å²) in [6.45, 7) is 4.02. The molecule has 1 aliphatic heterocycles. The number of fused-ring (bicyclic) bond motifs is 1. The Hall–Kier alpha value is -2.47. The highest BCUT2D eigenvalue weighted by Crippen LogP contribution is 2.34. The fourth-order valence-electron chi connectivity index (χ4n) is 3.08. The fourth-order valence-corrected chi connectivity index (χ4v) is 3.96. The Morgan fingerprint density at radius 1 is 0.880 bits per heavy atom. The number of carbonyl (C=O) groups excluding carboxylic acids is 2. The minimum absolute atomic E-state index is 0.00310. The molecule has 130 valence electrons. The molecule has 1 aliphatic rings. The van der Waals surface area contributed by atoms with E-state index in [1.54, 1.807) is 18.2 Å². The average Bonchev–Trinajstić information content (AvgIpc) is 2.96. The Bertz CT molecular complexity index is 992. The van der Waals surface area contributed by atoms with Crippen molar-refractivity contribution < 1.29 is 18.0 Å². The first-order valence-corrected chi connectivity index (χ1v) is 9.78. The molecule has 0 atom stereocenters. The van der Waals surface area contributed by atoms with E-state index in [4.69, 9.17) is 0 Å². The highest BCUT2D eigenvalue weighted by molar-refractivity contribution is 7.90. The Morgan fingerprint density at radius 2 is 1.44 bits per heavy atom. The molecule has 0 amide bonds. The van der Waals surface area contributed by atoms with Crippen molar-refractivity contribution in [1.29, 1.82) is 0 Å². The van der Waals surface area contributed by atoms with Gasteiger partial charge in [-0.3, -0.25) is 9.59 Å². The van der Waals surface area contributed by atoms with Gasteiger partial charge in [-0.2, -0.15) is 0 Å². The number of ketones is 2. The van der Waals surface area contributed by atoms with Crippen LogP contribution in [0.25, 0.3) is 0 Å². The lowest BCUT2D eigenvalue weighted by atomic mass is 10.0. The molecule has 0 N–H and O–H groups in total. The minimum atomic E-state index is -3.43. The average molecular weight is 357 g/mol. The molecule has 25 heavy (non-hydrogen) atoms. The van der Waals surface area contributed by atoms with Crippen molar-refractivity contribution in [1.82, 2.24) is 0 Å². The van der Waals surface area contributed by atoms with Gasteiger partial charge in [-0.1, -0.05) is 12.1 Å². The van der Waals surface area contributed by atoms with E-state index < -0.39 is 9.84 Å². The van der Waals surface area contributed by atoms with Crippen molar-refractivity contribution >= 4 is 27.1 Å². The lowest BCUT2D eigenvalue weighted by Gasteiger charge is -2.21. The van der Waals surface area contributed by atoms with Gasteiger partial charge in [0.2, 0.25) is 0 Å². The normalized spacial score (nSPS) is 13.6. The zero-order valence-corrected chi connectivity index (χ0v) is 15.2. The van der Waals surface area contributed by atoms with Crippen LogP contribution in [0.4, 0.5) is 5.69 Å². The zero-order chi connectivity index (χ0) is 18.4. The summed E-state index contributed by atoms with van der Waals surface area (Å²) in [5, 5.41) is 0. The molecule has 0 spiro atoms. The summed E-state index contributed by atoms with van der Waals surface area (Å²) in [5.74, 6) is -0.117. The molecular formula is C19H19NO4S. The van der Waals surface area contributed by atoms with Crippen molar-refractivity contribution in [3.05, 3.63) is 58.7 Å². The maximum atomic E-state index is 12.2. The Balaban J connectivity index is 2.06. The van der Waals surface area contributed by atoms with Gasteiger partial charge in [-0.15, -0.1) is 0 Å². The Kier molecular flexibility index (Phi) is 4.24. The highest BCUT2D eigenvalue weighted by Gasteiger charge is 2.25. The first-order chi connectivity index (χ1) is 11.7. The van der Waals surface area contributed by atoms with E-state index >= 15 is 0 Å². The molecule has 0 bridgehead atoms. The van der Waals surface area contributed by atoms with Crippen molar-refractivity contribution in [2.75, 3.05) is 11.2 Å². The monoisotopic (exact) mass is 357 g/mol. The zero-order valence-electron chi connectivity index (χ0n) is 14.4. The standard InChI is InChI=1S/C19H19NO4S/c1-12(21)14-4-5-16-10-20(11-17(16)8-14)18-9-15(13(2)22)6-7-19(18)25(3,23)24/h4-9H,10-11H2,1-3H3. The smallest absolute Gasteiger partial charge is 0.177 e. The number of carbonyl (C=O) groups is 2. The number of hydrogen-bond acceptors (Lipinski definition) is 5. The third kappa shape index (κ3) is 3.35. The number of sulfone groups is 1. The minimum Gasteiger partial charge on any atom is -0.362 e. The summed E-state index contributed by atoms with van der Waals surface area (Å²) in [5.41, 5.74) is 3.69. The third-order valence-electron chi connectivity index (χ3n) is 4.44. The topological polar surface area (TPSA) is 71.5 Å². The third-order valence-corrected chi connectivity index (χ3v) is 5.58. The molecule has 0 unspecified atom stereocenters. The highest BCUT2D eigenvalue weighted by atomic mass is 32.2.